The van der Waals surface area contributed by atoms with Crippen molar-refractivity contribution in [3.8, 4) is 6.07 Å². The number of carbonyl (C=O) groups excluding carboxylic acids is 1. The minimum absolute atomic E-state index is 0.321. The number of nitriles is 1. The molecule has 0 aliphatic rings. The van der Waals surface area contributed by atoms with Crippen molar-refractivity contribution >= 4 is 11.6 Å². The van der Waals surface area contributed by atoms with Crippen molar-refractivity contribution in [3.63, 3.8) is 0 Å². The minimum atomic E-state index is -0.335. The second-order valence-corrected chi connectivity index (χ2v) is 3.49. The summed E-state index contributed by atoms with van der Waals surface area (Å²) in [5.74, 6) is -0.335. The summed E-state index contributed by atoms with van der Waals surface area (Å²) in [4.78, 5) is 15.6. The van der Waals surface area contributed by atoms with Crippen LogP contribution >= 0.6 is 0 Å². The van der Waals surface area contributed by atoms with Gasteiger partial charge in [0.1, 0.15) is 5.69 Å². The Hall–Kier alpha value is -2.87. The van der Waals surface area contributed by atoms with Crippen LogP contribution in [0.5, 0.6) is 0 Å². The fraction of sp³-hybridized carbons (Fsp3) is 0. The molecular formula is C13H10N4O. The van der Waals surface area contributed by atoms with Crippen LogP contribution in [0.15, 0.2) is 48.7 Å². The van der Waals surface area contributed by atoms with Crippen LogP contribution in [0, 0.1) is 11.3 Å². The van der Waals surface area contributed by atoms with Crippen molar-refractivity contribution in [2.24, 2.45) is 0 Å². The molecule has 0 atom stereocenters. The summed E-state index contributed by atoms with van der Waals surface area (Å²) in [5.41, 5.74) is 6.71. The number of hydrogen-bond donors (Lipinski definition) is 2. The third-order valence-electron chi connectivity index (χ3n) is 2.21. The first-order valence-corrected chi connectivity index (χ1v) is 5.27. The average molecular weight is 238 g/mol. The van der Waals surface area contributed by atoms with Gasteiger partial charge in [0.05, 0.1) is 17.3 Å². The Morgan fingerprint density at radius 3 is 2.83 bits per heavy atom. The van der Waals surface area contributed by atoms with Gasteiger partial charge in [0.25, 0.3) is 5.91 Å². The zero-order valence-electron chi connectivity index (χ0n) is 9.42. The number of hydrogen-bond acceptors (Lipinski definition) is 4. The molecule has 2 aromatic rings. The average Bonchev–Trinajstić information content (AvgIpc) is 2.46. The van der Waals surface area contributed by atoms with Gasteiger partial charge < -0.3 is 0 Å². The first-order chi connectivity index (χ1) is 8.79. The quantitative estimate of drug-likeness (QED) is 0.798. The largest absolute Gasteiger partial charge is 0.298 e. The summed E-state index contributed by atoms with van der Waals surface area (Å²) >= 11 is 0. The molecule has 18 heavy (non-hydrogen) atoms. The van der Waals surface area contributed by atoms with E-state index in [-0.39, 0.29) is 5.91 Å². The number of aromatic nitrogens is 1. The maximum absolute atomic E-state index is 11.7. The van der Waals surface area contributed by atoms with Gasteiger partial charge in [-0.15, -0.1) is 0 Å². The van der Waals surface area contributed by atoms with E-state index in [0.29, 0.717) is 16.9 Å². The summed E-state index contributed by atoms with van der Waals surface area (Å²) in [5, 5.41) is 8.74. The molecule has 0 saturated carbocycles. The van der Waals surface area contributed by atoms with Crippen LogP contribution < -0.4 is 10.9 Å². The molecule has 0 spiro atoms. The van der Waals surface area contributed by atoms with E-state index in [0.717, 1.165) is 0 Å². The van der Waals surface area contributed by atoms with Crippen molar-refractivity contribution in [3.05, 3.63) is 59.9 Å². The summed E-state index contributed by atoms with van der Waals surface area (Å²) < 4.78 is 0. The predicted octanol–water partition coefficient (Wildman–Crippen LogP) is 1.71. The first kappa shape index (κ1) is 11.6. The molecule has 0 bridgehead atoms. The molecule has 2 N–H and O–H groups in total. The SMILES string of the molecule is N#Cc1cccc(NNC(=O)c2ccccn2)c1. The smallest absolute Gasteiger partial charge is 0.288 e. The van der Waals surface area contributed by atoms with Crippen molar-refractivity contribution < 1.29 is 4.79 Å². The van der Waals surface area contributed by atoms with E-state index in [1.165, 1.54) is 0 Å². The summed E-state index contributed by atoms with van der Waals surface area (Å²) in [7, 11) is 0. The lowest BCUT2D eigenvalue weighted by Gasteiger charge is -2.07. The predicted molar refractivity (Wildman–Crippen MR) is 66.5 cm³/mol. The van der Waals surface area contributed by atoms with Crippen LogP contribution in [0.1, 0.15) is 16.1 Å². The molecule has 2 rings (SSSR count). The zero-order valence-corrected chi connectivity index (χ0v) is 9.42. The van der Waals surface area contributed by atoms with Crippen molar-refractivity contribution in [2.75, 3.05) is 5.43 Å². The van der Waals surface area contributed by atoms with Crippen molar-refractivity contribution in [1.82, 2.24) is 10.4 Å². The van der Waals surface area contributed by atoms with Gasteiger partial charge in [0.2, 0.25) is 0 Å². The maximum atomic E-state index is 11.7. The number of amides is 1. The van der Waals surface area contributed by atoms with E-state index in [2.05, 4.69) is 15.8 Å². The van der Waals surface area contributed by atoms with Crippen LogP contribution in [0.2, 0.25) is 0 Å². The van der Waals surface area contributed by atoms with Gasteiger partial charge in [-0.3, -0.25) is 20.6 Å². The Labute approximate surface area is 104 Å². The fourth-order valence-electron chi connectivity index (χ4n) is 1.36. The maximum Gasteiger partial charge on any atom is 0.288 e. The Bertz CT molecular complexity index is 589. The lowest BCUT2D eigenvalue weighted by molar-refractivity contribution is 0.0958. The number of nitrogens with zero attached hydrogens (tertiary/aromatic N) is 2. The standard InChI is InChI=1S/C13H10N4O/c14-9-10-4-3-5-11(8-10)16-17-13(18)12-6-1-2-7-15-12/h1-8,16H,(H,17,18). The number of carbonyl (C=O) groups is 1. The minimum Gasteiger partial charge on any atom is -0.298 e. The molecule has 1 amide bonds. The van der Waals surface area contributed by atoms with Crippen LogP contribution in [0.4, 0.5) is 5.69 Å². The Kier molecular flexibility index (Phi) is 3.52. The molecule has 1 aromatic carbocycles. The van der Waals surface area contributed by atoms with Gasteiger partial charge in [-0.05, 0) is 30.3 Å². The first-order valence-electron chi connectivity index (χ1n) is 5.27. The highest BCUT2D eigenvalue weighted by atomic mass is 16.2. The number of benzene rings is 1. The van der Waals surface area contributed by atoms with Crippen molar-refractivity contribution in [2.45, 2.75) is 0 Å². The summed E-state index contributed by atoms with van der Waals surface area (Å²) in [6, 6.07) is 13.9. The van der Waals surface area contributed by atoms with Gasteiger partial charge in [-0.25, -0.2) is 0 Å². The molecule has 0 aliphatic heterocycles. The van der Waals surface area contributed by atoms with Gasteiger partial charge in [0.15, 0.2) is 0 Å². The number of hydrazine groups is 1. The third kappa shape index (κ3) is 2.83. The summed E-state index contributed by atoms with van der Waals surface area (Å²) in [6.07, 6.45) is 1.55. The normalized spacial score (nSPS) is 9.28. The van der Waals surface area contributed by atoms with Crippen LogP contribution in [-0.2, 0) is 0 Å². The highest BCUT2D eigenvalue weighted by molar-refractivity contribution is 5.92. The Balaban J connectivity index is 2.00. The van der Waals surface area contributed by atoms with Crippen LogP contribution in [0.25, 0.3) is 0 Å². The van der Waals surface area contributed by atoms with E-state index >= 15 is 0 Å². The molecule has 88 valence electrons. The number of rotatable bonds is 3. The highest BCUT2D eigenvalue weighted by Crippen LogP contribution is 2.08. The third-order valence-corrected chi connectivity index (χ3v) is 2.21. The summed E-state index contributed by atoms with van der Waals surface area (Å²) in [6.45, 7) is 0. The molecule has 0 saturated heterocycles. The molecule has 0 radical (unpaired) electrons. The number of nitrogens with one attached hydrogen (secondary N) is 2. The van der Waals surface area contributed by atoms with E-state index in [4.69, 9.17) is 5.26 Å². The van der Waals surface area contributed by atoms with Gasteiger partial charge >= 0.3 is 0 Å². The van der Waals surface area contributed by atoms with Crippen LogP contribution in [0.3, 0.4) is 0 Å². The van der Waals surface area contributed by atoms with Crippen molar-refractivity contribution in [1.29, 1.82) is 5.26 Å². The second kappa shape index (κ2) is 5.46. The second-order valence-electron chi connectivity index (χ2n) is 3.49. The Morgan fingerprint density at radius 2 is 2.11 bits per heavy atom. The molecule has 0 aliphatic carbocycles. The fourth-order valence-corrected chi connectivity index (χ4v) is 1.36. The van der Waals surface area contributed by atoms with Crippen LogP contribution in [-0.4, -0.2) is 10.9 Å². The van der Waals surface area contributed by atoms with E-state index < -0.39 is 0 Å². The number of anilines is 1. The molecular weight excluding hydrogens is 228 g/mol. The zero-order chi connectivity index (χ0) is 12.8. The number of pyridine rings is 1. The van der Waals surface area contributed by atoms with E-state index in [1.807, 2.05) is 6.07 Å². The molecule has 0 fully saturated rings. The molecule has 1 aromatic heterocycles. The lowest BCUT2D eigenvalue weighted by atomic mass is 10.2. The van der Waals surface area contributed by atoms with E-state index in [1.54, 1.807) is 48.7 Å². The van der Waals surface area contributed by atoms with E-state index in [9.17, 15) is 4.79 Å². The monoisotopic (exact) mass is 238 g/mol. The van der Waals surface area contributed by atoms with Gasteiger partial charge in [-0.1, -0.05) is 12.1 Å². The molecule has 0 unspecified atom stereocenters. The molecule has 5 nitrogen and oxygen atoms in total. The van der Waals surface area contributed by atoms with Gasteiger partial charge in [0, 0.05) is 6.20 Å². The lowest BCUT2D eigenvalue weighted by Crippen LogP contribution is -2.29. The topological polar surface area (TPSA) is 77.8 Å². The molecule has 1 heterocycles. The van der Waals surface area contributed by atoms with Gasteiger partial charge in [-0.2, -0.15) is 5.26 Å². The molecule has 5 heteroatoms. The highest BCUT2D eigenvalue weighted by Gasteiger charge is 2.04. The Morgan fingerprint density at radius 1 is 1.22 bits per heavy atom.